The summed E-state index contributed by atoms with van der Waals surface area (Å²) in [7, 11) is 0. The van der Waals surface area contributed by atoms with Crippen LogP contribution >= 0.6 is 12.6 Å². The lowest BCUT2D eigenvalue weighted by molar-refractivity contribution is -0.120. The van der Waals surface area contributed by atoms with Gasteiger partial charge in [-0.2, -0.15) is 12.6 Å². The van der Waals surface area contributed by atoms with Crippen LogP contribution in [0.25, 0.3) is 0 Å². The first-order chi connectivity index (χ1) is 9.65. The van der Waals surface area contributed by atoms with Gasteiger partial charge in [0, 0.05) is 6.54 Å². The maximum Gasteiger partial charge on any atom is 0.233 e. The van der Waals surface area contributed by atoms with E-state index in [1.165, 1.54) is 0 Å². The van der Waals surface area contributed by atoms with E-state index < -0.39 is 0 Å². The number of benzene rings is 1. The smallest absolute Gasteiger partial charge is 0.233 e. The molecule has 0 heterocycles. The molecule has 1 amide bonds. The Labute approximate surface area is 126 Å². The van der Waals surface area contributed by atoms with Gasteiger partial charge in [-0.25, -0.2) is 0 Å². The van der Waals surface area contributed by atoms with Crippen LogP contribution in [0.3, 0.4) is 0 Å². The first kappa shape index (κ1) is 15.4. The number of hydrogen-bond donors (Lipinski definition) is 3. The van der Waals surface area contributed by atoms with Crippen LogP contribution in [0.1, 0.15) is 31.2 Å². The molecule has 0 radical (unpaired) electrons. The molecule has 1 atom stereocenters. The van der Waals surface area contributed by atoms with E-state index in [0.717, 1.165) is 31.2 Å². The number of carbonyl (C=O) groups is 1. The molecule has 1 saturated carbocycles. The van der Waals surface area contributed by atoms with Gasteiger partial charge in [-0.15, -0.1) is 0 Å². The molecule has 0 aliphatic heterocycles. The fourth-order valence-electron chi connectivity index (χ4n) is 2.64. The zero-order valence-corrected chi connectivity index (χ0v) is 12.6. The van der Waals surface area contributed by atoms with Crippen molar-refractivity contribution in [3.8, 4) is 0 Å². The molecule has 0 aromatic heterocycles. The molecular formula is C16H23NO2S. The van der Waals surface area contributed by atoms with Crippen LogP contribution in [0.4, 0.5) is 0 Å². The number of carbonyl (C=O) groups excluding carboxylic acids is 1. The molecular weight excluding hydrogens is 270 g/mol. The Morgan fingerprint density at radius 1 is 1.25 bits per heavy atom. The summed E-state index contributed by atoms with van der Waals surface area (Å²) >= 11 is 4.40. The largest absolute Gasteiger partial charge is 0.393 e. The fraction of sp³-hybridized carbons (Fsp3) is 0.562. The normalized spacial score (nSPS) is 24.1. The topological polar surface area (TPSA) is 49.3 Å². The van der Waals surface area contributed by atoms with Gasteiger partial charge >= 0.3 is 0 Å². The van der Waals surface area contributed by atoms with Gasteiger partial charge in [-0.1, -0.05) is 30.3 Å². The van der Waals surface area contributed by atoms with E-state index in [9.17, 15) is 9.90 Å². The van der Waals surface area contributed by atoms with Gasteiger partial charge in [-0.3, -0.25) is 4.79 Å². The highest BCUT2D eigenvalue weighted by molar-refractivity contribution is 7.81. The Kier molecular flexibility index (Phi) is 5.92. The first-order valence-corrected chi connectivity index (χ1v) is 7.84. The number of nitrogens with one attached hydrogen (secondary N) is 1. The van der Waals surface area contributed by atoms with Crippen molar-refractivity contribution in [2.45, 2.75) is 43.5 Å². The molecule has 1 unspecified atom stereocenters. The number of amides is 1. The molecule has 1 aromatic rings. The molecule has 0 bridgehead atoms. The van der Waals surface area contributed by atoms with Crippen molar-refractivity contribution >= 4 is 18.5 Å². The molecule has 2 N–H and O–H groups in total. The minimum absolute atomic E-state index is 0.00306. The monoisotopic (exact) mass is 293 g/mol. The number of rotatable bonds is 5. The van der Waals surface area contributed by atoms with Gasteiger partial charge in [0.25, 0.3) is 0 Å². The summed E-state index contributed by atoms with van der Waals surface area (Å²) in [5.74, 6) is 0.503. The molecule has 0 spiro atoms. The van der Waals surface area contributed by atoms with E-state index >= 15 is 0 Å². The van der Waals surface area contributed by atoms with Crippen molar-refractivity contribution in [1.29, 1.82) is 0 Å². The Morgan fingerprint density at radius 3 is 2.55 bits per heavy atom. The second-order valence-corrected chi connectivity index (χ2v) is 6.25. The predicted molar refractivity (Wildman–Crippen MR) is 83.9 cm³/mol. The molecule has 0 saturated heterocycles. The van der Waals surface area contributed by atoms with Crippen molar-refractivity contribution in [1.82, 2.24) is 5.32 Å². The van der Waals surface area contributed by atoms with Crippen LogP contribution in [0.5, 0.6) is 0 Å². The quantitative estimate of drug-likeness (QED) is 0.729. The first-order valence-electron chi connectivity index (χ1n) is 7.33. The van der Waals surface area contributed by atoms with Crippen LogP contribution in [0.2, 0.25) is 0 Å². The molecule has 20 heavy (non-hydrogen) atoms. The molecule has 1 aliphatic rings. The second kappa shape index (κ2) is 7.70. The van der Waals surface area contributed by atoms with Crippen molar-refractivity contribution in [3.63, 3.8) is 0 Å². The van der Waals surface area contributed by atoms with E-state index in [1.54, 1.807) is 0 Å². The lowest BCUT2D eigenvalue weighted by Gasteiger charge is -2.25. The van der Waals surface area contributed by atoms with Crippen molar-refractivity contribution in [2.75, 3.05) is 6.54 Å². The maximum atomic E-state index is 12.0. The lowest BCUT2D eigenvalue weighted by atomic mass is 9.87. The van der Waals surface area contributed by atoms with E-state index in [-0.39, 0.29) is 17.3 Å². The Bertz CT molecular complexity index is 416. The minimum Gasteiger partial charge on any atom is -0.393 e. The van der Waals surface area contributed by atoms with Crippen LogP contribution in [0, 0.1) is 5.92 Å². The molecule has 3 nitrogen and oxygen atoms in total. The van der Waals surface area contributed by atoms with E-state index in [1.807, 2.05) is 30.3 Å². The summed E-state index contributed by atoms with van der Waals surface area (Å²) in [6.45, 7) is 0.706. The molecule has 1 aromatic carbocycles. The maximum absolute atomic E-state index is 12.0. The number of aliphatic hydroxyl groups is 1. The highest BCUT2D eigenvalue weighted by atomic mass is 32.1. The summed E-state index contributed by atoms with van der Waals surface area (Å²) in [4.78, 5) is 12.0. The van der Waals surface area contributed by atoms with Crippen LogP contribution in [-0.4, -0.2) is 28.9 Å². The molecule has 2 rings (SSSR count). The average Bonchev–Trinajstić information content (AvgIpc) is 2.47. The van der Waals surface area contributed by atoms with Crippen molar-refractivity contribution in [2.24, 2.45) is 5.92 Å². The van der Waals surface area contributed by atoms with Gasteiger partial charge in [0.15, 0.2) is 0 Å². The minimum atomic E-state index is -0.299. The van der Waals surface area contributed by atoms with Gasteiger partial charge < -0.3 is 10.4 Å². The molecule has 1 fully saturated rings. The standard InChI is InChI=1S/C16H23NO2S/c18-14-8-6-13(7-9-14)11-17-16(19)15(20)10-12-4-2-1-3-5-12/h1-5,13-15,18,20H,6-11H2,(H,17,19). The van der Waals surface area contributed by atoms with Crippen molar-refractivity contribution in [3.05, 3.63) is 35.9 Å². The molecule has 4 heteroatoms. The van der Waals surface area contributed by atoms with Crippen LogP contribution in [-0.2, 0) is 11.2 Å². The number of hydrogen-bond acceptors (Lipinski definition) is 3. The third kappa shape index (κ3) is 4.84. The summed E-state index contributed by atoms with van der Waals surface area (Å²) in [6.07, 6.45) is 4.22. The van der Waals surface area contributed by atoms with E-state index in [2.05, 4.69) is 17.9 Å². The predicted octanol–water partition coefficient (Wildman–Crippen LogP) is 2.19. The zero-order valence-electron chi connectivity index (χ0n) is 11.7. The zero-order chi connectivity index (χ0) is 14.4. The third-order valence-corrected chi connectivity index (χ3v) is 4.37. The van der Waals surface area contributed by atoms with Gasteiger partial charge in [-0.05, 0) is 43.6 Å². The number of aliphatic hydroxyl groups excluding tert-OH is 1. The summed E-state index contributed by atoms with van der Waals surface area (Å²) in [5.41, 5.74) is 1.13. The Morgan fingerprint density at radius 2 is 1.90 bits per heavy atom. The van der Waals surface area contributed by atoms with Crippen LogP contribution < -0.4 is 5.32 Å². The lowest BCUT2D eigenvalue weighted by Crippen LogP contribution is -2.37. The average molecular weight is 293 g/mol. The third-order valence-electron chi connectivity index (χ3n) is 3.96. The fourth-order valence-corrected chi connectivity index (χ4v) is 2.94. The SMILES string of the molecule is O=C(NCC1CCC(O)CC1)C(S)Cc1ccccc1. The Balaban J connectivity index is 1.71. The summed E-state index contributed by atoms with van der Waals surface area (Å²) < 4.78 is 0. The van der Waals surface area contributed by atoms with E-state index in [0.29, 0.717) is 18.9 Å². The highest BCUT2D eigenvalue weighted by Crippen LogP contribution is 2.23. The van der Waals surface area contributed by atoms with E-state index in [4.69, 9.17) is 0 Å². The summed E-state index contributed by atoms with van der Waals surface area (Å²) in [6, 6.07) is 9.94. The highest BCUT2D eigenvalue weighted by Gasteiger charge is 2.21. The Hall–Kier alpha value is -1.00. The van der Waals surface area contributed by atoms with Crippen molar-refractivity contribution < 1.29 is 9.90 Å². The van der Waals surface area contributed by atoms with Gasteiger partial charge in [0.05, 0.1) is 11.4 Å². The van der Waals surface area contributed by atoms with Crippen LogP contribution in [0.15, 0.2) is 30.3 Å². The molecule has 1 aliphatic carbocycles. The molecule has 110 valence electrons. The van der Waals surface area contributed by atoms with Gasteiger partial charge in [0.2, 0.25) is 5.91 Å². The van der Waals surface area contributed by atoms with Gasteiger partial charge in [0.1, 0.15) is 0 Å². The summed E-state index contributed by atoms with van der Waals surface area (Å²) in [5, 5.41) is 12.1. The second-order valence-electron chi connectivity index (χ2n) is 5.63. The number of thiol groups is 1.